The minimum absolute atomic E-state index is 0.392. The van der Waals surface area contributed by atoms with Gasteiger partial charge in [0.05, 0.1) is 14.2 Å². The fraction of sp³-hybridized carbons (Fsp3) is 0.125. The highest BCUT2D eigenvalue weighted by atomic mass is 16.5. The molecule has 0 saturated carbocycles. The smallest absolute Gasteiger partial charge is 0.488 e. The molecule has 0 aromatic heterocycles. The Morgan fingerprint density at radius 3 is 2.00 bits per heavy atom. The van der Waals surface area contributed by atoms with Crippen molar-refractivity contribution in [2.24, 2.45) is 0 Å². The molecule has 0 aliphatic heterocycles. The van der Waals surface area contributed by atoms with Crippen LogP contribution in [0.25, 0.3) is 12.2 Å². The van der Waals surface area contributed by atoms with Crippen LogP contribution >= 0.6 is 0 Å². The van der Waals surface area contributed by atoms with Crippen LogP contribution in [0.1, 0.15) is 11.1 Å². The largest absolute Gasteiger partial charge is 0.497 e. The molecule has 0 bridgehead atoms. The third-order valence-electron chi connectivity index (χ3n) is 3.07. The Morgan fingerprint density at radius 2 is 1.43 bits per heavy atom. The Labute approximate surface area is 124 Å². The van der Waals surface area contributed by atoms with Crippen LogP contribution in [0, 0.1) is 0 Å². The number of ether oxygens (including phenoxy) is 2. The molecule has 2 aromatic rings. The van der Waals surface area contributed by atoms with Crippen LogP contribution < -0.4 is 14.9 Å². The number of rotatable bonds is 5. The average Bonchev–Trinajstić information content (AvgIpc) is 2.53. The van der Waals surface area contributed by atoms with Crippen LogP contribution in [0.5, 0.6) is 11.5 Å². The lowest BCUT2D eigenvalue weighted by molar-refractivity contribution is 0.412. The average molecular weight is 284 g/mol. The van der Waals surface area contributed by atoms with Gasteiger partial charge in [0.2, 0.25) is 0 Å². The van der Waals surface area contributed by atoms with E-state index in [1.165, 1.54) is 0 Å². The van der Waals surface area contributed by atoms with E-state index in [2.05, 4.69) is 0 Å². The molecule has 108 valence electrons. The molecule has 0 spiro atoms. The molecule has 0 fully saturated rings. The molecule has 0 aliphatic carbocycles. The second-order valence-electron chi connectivity index (χ2n) is 4.52. The fourth-order valence-electron chi connectivity index (χ4n) is 1.92. The number of hydrogen-bond donors (Lipinski definition) is 2. The van der Waals surface area contributed by atoms with E-state index in [0.29, 0.717) is 11.2 Å². The molecule has 4 nitrogen and oxygen atoms in total. The summed E-state index contributed by atoms with van der Waals surface area (Å²) in [7, 11) is 1.65. The van der Waals surface area contributed by atoms with Gasteiger partial charge in [-0.2, -0.15) is 0 Å². The summed E-state index contributed by atoms with van der Waals surface area (Å²) in [4.78, 5) is 0. The molecule has 21 heavy (non-hydrogen) atoms. The van der Waals surface area contributed by atoms with Gasteiger partial charge in [0.25, 0.3) is 0 Å². The lowest BCUT2D eigenvalue weighted by atomic mass is 9.79. The summed E-state index contributed by atoms with van der Waals surface area (Å²) in [5.74, 6) is 1.38. The maximum atomic E-state index is 9.27. The molecule has 0 unspecified atom stereocenters. The van der Waals surface area contributed by atoms with Crippen molar-refractivity contribution in [3.63, 3.8) is 0 Å². The minimum atomic E-state index is -1.52. The number of methoxy groups -OCH3 is 2. The highest BCUT2D eigenvalue weighted by molar-refractivity contribution is 6.58. The Kier molecular flexibility index (Phi) is 5.03. The predicted molar refractivity (Wildman–Crippen MR) is 84.7 cm³/mol. The van der Waals surface area contributed by atoms with Crippen molar-refractivity contribution in [2.45, 2.75) is 0 Å². The van der Waals surface area contributed by atoms with E-state index in [4.69, 9.17) is 9.47 Å². The topological polar surface area (TPSA) is 58.9 Å². The van der Waals surface area contributed by atoms with Gasteiger partial charge < -0.3 is 19.5 Å². The number of benzene rings is 2. The maximum absolute atomic E-state index is 9.27. The van der Waals surface area contributed by atoms with Gasteiger partial charge in [0, 0.05) is 0 Å². The zero-order valence-corrected chi connectivity index (χ0v) is 12.0. The van der Waals surface area contributed by atoms with E-state index in [0.717, 1.165) is 16.9 Å². The minimum Gasteiger partial charge on any atom is -0.497 e. The van der Waals surface area contributed by atoms with Crippen LogP contribution in [0.4, 0.5) is 0 Å². The zero-order valence-electron chi connectivity index (χ0n) is 12.0. The summed E-state index contributed by atoms with van der Waals surface area (Å²) in [6.07, 6.45) is 3.82. The third kappa shape index (κ3) is 4.11. The van der Waals surface area contributed by atoms with Crippen molar-refractivity contribution in [3.05, 3.63) is 53.6 Å². The summed E-state index contributed by atoms with van der Waals surface area (Å²) in [5.41, 5.74) is 2.24. The van der Waals surface area contributed by atoms with Gasteiger partial charge in [-0.3, -0.25) is 0 Å². The van der Waals surface area contributed by atoms with Crippen molar-refractivity contribution >= 4 is 24.7 Å². The second-order valence-corrected chi connectivity index (χ2v) is 4.52. The first-order valence-electron chi connectivity index (χ1n) is 6.49. The van der Waals surface area contributed by atoms with E-state index in [1.807, 2.05) is 42.5 Å². The van der Waals surface area contributed by atoms with E-state index < -0.39 is 7.12 Å². The highest BCUT2D eigenvalue weighted by Crippen LogP contribution is 2.16. The Hall–Kier alpha value is -2.24. The van der Waals surface area contributed by atoms with E-state index >= 15 is 0 Å². The van der Waals surface area contributed by atoms with E-state index in [-0.39, 0.29) is 0 Å². The van der Waals surface area contributed by atoms with Crippen molar-refractivity contribution in [3.8, 4) is 11.5 Å². The first-order valence-corrected chi connectivity index (χ1v) is 6.49. The number of hydrogen-bond acceptors (Lipinski definition) is 4. The summed E-state index contributed by atoms with van der Waals surface area (Å²) < 4.78 is 10.3. The van der Waals surface area contributed by atoms with Gasteiger partial charge in [-0.1, -0.05) is 30.4 Å². The second kappa shape index (κ2) is 6.97. The van der Waals surface area contributed by atoms with Gasteiger partial charge >= 0.3 is 7.12 Å². The first kappa shape index (κ1) is 15.2. The summed E-state index contributed by atoms with van der Waals surface area (Å²) in [6, 6.07) is 12.8. The fourth-order valence-corrected chi connectivity index (χ4v) is 1.92. The molecule has 2 rings (SSSR count). The van der Waals surface area contributed by atoms with Gasteiger partial charge in [-0.05, 0) is 40.9 Å². The standard InChI is InChI=1S/C16H17BO4/c1-20-15-7-5-12(6-8-15)3-4-13-9-14(17(18)19)11-16(10-13)21-2/h3-11,18-19H,1-2H3/b4-3+. The third-order valence-corrected chi connectivity index (χ3v) is 3.07. The van der Waals surface area contributed by atoms with Crippen LogP contribution in [-0.4, -0.2) is 31.4 Å². The van der Waals surface area contributed by atoms with Crippen molar-refractivity contribution < 1.29 is 19.5 Å². The first-order chi connectivity index (χ1) is 10.1. The Bertz CT molecular complexity index is 621. The zero-order chi connectivity index (χ0) is 15.2. The molecule has 0 aliphatic rings. The van der Waals surface area contributed by atoms with Crippen LogP contribution in [0.2, 0.25) is 0 Å². The maximum Gasteiger partial charge on any atom is 0.488 e. The molecule has 0 amide bonds. The van der Waals surface area contributed by atoms with Crippen LogP contribution in [-0.2, 0) is 0 Å². The molecule has 2 aromatic carbocycles. The van der Waals surface area contributed by atoms with E-state index in [9.17, 15) is 10.0 Å². The van der Waals surface area contributed by atoms with Crippen molar-refractivity contribution in [1.82, 2.24) is 0 Å². The van der Waals surface area contributed by atoms with Crippen molar-refractivity contribution in [2.75, 3.05) is 14.2 Å². The molecule has 0 radical (unpaired) electrons. The quantitative estimate of drug-likeness (QED) is 0.646. The van der Waals surface area contributed by atoms with Crippen LogP contribution in [0.15, 0.2) is 42.5 Å². The summed E-state index contributed by atoms with van der Waals surface area (Å²) >= 11 is 0. The van der Waals surface area contributed by atoms with Crippen molar-refractivity contribution in [1.29, 1.82) is 0 Å². The summed E-state index contributed by atoms with van der Waals surface area (Å²) in [6.45, 7) is 0. The SMILES string of the molecule is COc1ccc(/C=C/c2cc(OC)cc(B(O)O)c2)cc1. The molecule has 0 heterocycles. The highest BCUT2D eigenvalue weighted by Gasteiger charge is 2.12. The van der Waals surface area contributed by atoms with Gasteiger partial charge in [0.15, 0.2) is 0 Å². The van der Waals surface area contributed by atoms with Gasteiger partial charge in [0.1, 0.15) is 11.5 Å². The molecular weight excluding hydrogens is 267 g/mol. The molecule has 5 heteroatoms. The van der Waals surface area contributed by atoms with Crippen LogP contribution in [0.3, 0.4) is 0 Å². The van der Waals surface area contributed by atoms with Gasteiger partial charge in [-0.25, -0.2) is 0 Å². The lowest BCUT2D eigenvalue weighted by Crippen LogP contribution is -2.29. The molecule has 0 saturated heterocycles. The van der Waals surface area contributed by atoms with Gasteiger partial charge in [-0.15, -0.1) is 0 Å². The monoisotopic (exact) mass is 284 g/mol. The molecule has 2 N–H and O–H groups in total. The molecule has 0 atom stereocenters. The lowest BCUT2D eigenvalue weighted by Gasteiger charge is -2.06. The Morgan fingerprint density at radius 1 is 0.810 bits per heavy atom. The predicted octanol–water partition coefficient (Wildman–Crippen LogP) is 1.55. The normalized spacial score (nSPS) is 10.7. The molecular formula is C16H17BO4. The summed E-state index contributed by atoms with van der Waals surface area (Å²) in [5, 5.41) is 18.5. The van der Waals surface area contributed by atoms with E-state index in [1.54, 1.807) is 26.4 Å². The Balaban J connectivity index is 2.24.